The summed E-state index contributed by atoms with van der Waals surface area (Å²) < 4.78 is 5.08. The van der Waals surface area contributed by atoms with Gasteiger partial charge in [0.25, 0.3) is 0 Å². The predicted octanol–water partition coefficient (Wildman–Crippen LogP) is 2.23. The number of amides is 2. The minimum atomic E-state index is -0.847. The SMILES string of the molecule is CCC(COC)NC(=O)N(C)C1(CC(=O)O)CCCCC1. The average molecular weight is 300 g/mol. The summed E-state index contributed by atoms with van der Waals surface area (Å²) in [5.74, 6) is -0.847. The number of methoxy groups -OCH3 is 1. The van der Waals surface area contributed by atoms with Crippen molar-refractivity contribution < 1.29 is 19.4 Å². The summed E-state index contributed by atoms with van der Waals surface area (Å²) in [5, 5.41) is 12.1. The average Bonchev–Trinajstić information content (AvgIpc) is 2.46. The molecule has 1 rings (SSSR count). The zero-order chi connectivity index (χ0) is 15.9. The van der Waals surface area contributed by atoms with Crippen LogP contribution in [0.5, 0.6) is 0 Å². The van der Waals surface area contributed by atoms with E-state index in [0.29, 0.717) is 6.61 Å². The topological polar surface area (TPSA) is 78.9 Å². The number of carbonyl (C=O) groups is 2. The lowest BCUT2D eigenvalue weighted by Crippen LogP contribution is -2.56. The van der Waals surface area contributed by atoms with Gasteiger partial charge in [-0.1, -0.05) is 26.2 Å². The highest BCUT2D eigenvalue weighted by atomic mass is 16.5. The predicted molar refractivity (Wildman–Crippen MR) is 80.3 cm³/mol. The number of hydrogen-bond donors (Lipinski definition) is 2. The van der Waals surface area contributed by atoms with Crippen LogP contribution in [0.1, 0.15) is 51.9 Å². The Morgan fingerprint density at radius 2 is 1.95 bits per heavy atom. The fraction of sp³-hybridized carbons (Fsp3) is 0.867. The highest BCUT2D eigenvalue weighted by Crippen LogP contribution is 2.35. The van der Waals surface area contributed by atoms with Crippen molar-refractivity contribution in [1.29, 1.82) is 0 Å². The molecule has 0 aromatic rings. The summed E-state index contributed by atoms with van der Waals surface area (Å²) in [5.41, 5.74) is -0.556. The standard InChI is InChI=1S/C15H28N2O4/c1-4-12(11-21-3)16-14(20)17(2)15(10-13(18)19)8-6-5-7-9-15/h12H,4-11H2,1-3H3,(H,16,20)(H,18,19). The Morgan fingerprint density at radius 1 is 1.33 bits per heavy atom. The fourth-order valence-corrected chi connectivity index (χ4v) is 3.07. The Kier molecular flexibility index (Phi) is 6.95. The van der Waals surface area contributed by atoms with E-state index in [9.17, 15) is 14.7 Å². The number of ether oxygens (including phenoxy) is 1. The number of nitrogens with zero attached hydrogens (tertiary/aromatic N) is 1. The van der Waals surface area contributed by atoms with Crippen molar-refractivity contribution in [2.75, 3.05) is 20.8 Å². The molecule has 0 aromatic heterocycles. The molecule has 0 radical (unpaired) electrons. The van der Waals surface area contributed by atoms with E-state index in [1.807, 2.05) is 6.92 Å². The van der Waals surface area contributed by atoms with Crippen LogP contribution in [0.3, 0.4) is 0 Å². The largest absolute Gasteiger partial charge is 0.481 e. The van der Waals surface area contributed by atoms with Crippen molar-refractivity contribution >= 4 is 12.0 Å². The van der Waals surface area contributed by atoms with E-state index in [2.05, 4.69) is 5.32 Å². The van der Waals surface area contributed by atoms with E-state index in [4.69, 9.17) is 4.74 Å². The van der Waals surface area contributed by atoms with Gasteiger partial charge in [-0.25, -0.2) is 4.79 Å². The highest BCUT2D eigenvalue weighted by Gasteiger charge is 2.40. The number of urea groups is 1. The first-order chi connectivity index (χ1) is 9.95. The first kappa shape index (κ1) is 17.8. The van der Waals surface area contributed by atoms with Gasteiger partial charge in [-0.15, -0.1) is 0 Å². The van der Waals surface area contributed by atoms with Crippen LogP contribution in [-0.4, -0.2) is 54.4 Å². The van der Waals surface area contributed by atoms with Gasteiger partial charge in [0, 0.05) is 14.2 Å². The van der Waals surface area contributed by atoms with E-state index >= 15 is 0 Å². The molecule has 0 aliphatic heterocycles. The molecule has 21 heavy (non-hydrogen) atoms. The molecule has 1 saturated carbocycles. The van der Waals surface area contributed by atoms with Crippen LogP contribution in [0.2, 0.25) is 0 Å². The molecule has 2 amide bonds. The Bertz CT molecular complexity index is 354. The van der Waals surface area contributed by atoms with Crippen molar-refractivity contribution in [3.05, 3.63) is 0 Å². The van der Waals surface area contributed by atoms with Gasteiger partial charge < -0.3 is 20.1 Å². The maximum Gasteiger partial charge on any atom is 0.317 e. The minimum Gasteiger partial charge on any atom is -0.481 e. The second kappa shape index (κ2) is 8.22. The Morgan fingerprint density at radius 3 is 2.43 bits per heavy atom. The zero-order valence-corrected chi connectivity index (χ0v) is 13.4. The first-order valence-corrected chi connectivity index (χ1v) is 7.70. The third kappa shape index (κ3) is 4.88. The molecule has 0 bridgehead atoms. The second-order valence-corrected chi connectivity index (χ2v) is 5.92. The van der Waals surface area contributed by atoms with Gasteiger partial charge in [0.1, 0.15) is 0 Å². The van der Waals surface area contributed by atoms with E-state index in [1.54, 1.807) is 19.1 Å². The lowest BCUT2D eigenvalue weighted by atomic mass is 9.78. The van der Waals surface area contributed by atoms with E-state index in [-0.39, 0.29) is 18.5 Å². The van der Waals surface area contributed by atoms with Crippen LogP contribution in [0.4, 0.5) is 4.79 Å². The quantitative estimate of drug-likeness (QED) is 0.755. The number of carbonyl (C=O) groups excluding carboxylic acids is 1. The van der Waals surface area contributed by atoms with Gasteiger partial charge in [-0.3, -0.25) is 4.79 Å². The second-order valence-electron chi connectivity index (χ2n) is 5.92. The fourth-order valence-electron chi connectivity index (χ4n) is 3.07. The van der Waals surface area contributed by atoms with Crippen molar-refractivity contribution in [1.82, 2.24) is 10.2 Å². The van der Waals surface area contributed by atoms with Crippen LogP contribution < -0.4 is 5.32 Å². The molecule has 122 valence electrons. The third-order valence-electron chi connectivity index (χ3n) is 4.47. The molecular formula is C15H28N2O4. The Balaban J connectivity index is 2.76. The molecule has 6 heteroatoms. The number of rotatable bonds is 7. The minimum absolute atomic E-state index is 0.0119. The molecule has 0 heterocycles. The molecule has 0 spiro atoms. The molecule has 6 nitrogen and oxygen atoms in total. The normalized spacial score (nSPS) is 18.8. The molecule has 2 N–H and O–H groups in total. The van der Waals surface area contributed by atoms with Crippen molar-refractivity contribution in [3.8, 4) is 0 Å². The van der Waals surface area contributed by atoms with Gasteiger partial charge in [0.05, 0.1) is 24.6 Å². The monoisotopic (exact) mass is 300 g/mol. The van der Waals surface area contributed by atoms with E-state index in [0.717, 1.165) is 38.5 Å². The first-order valence-electron chi connectivity index (χ1n) is 7.70. The summed E-state index contributed by atoms with van der Waals surface area (Å²) >= 11 is 0. The van der Waals surface area contributed by atoms with Gasteiger partial charge in [-0.2, -0.15) is 0 Å². The number of hydrogen-bond acceptors (Lipinski definition) is 3. The van der Waals surface area contributed by atoms with E-state index in [1.165, 1.54) is 0 Å². The molecule has 1 atom stereocenters. The maximum atomic E-state index is 12.4. The number of carboxylic acid groups (broad SMARTS) is 1. The molecule has 1 unspecified atom stereocenters. The van der Waals surface area contributed by atoms with Crippen LogP contribution in [0, 0.1) is 0 Å². The van der Waals surface area contributed by atoms with Crippen LogP contribution >= 0.6 is 0 Å². The molecule has 1 aliphatic carbocycles. The maximum absolute atomic E-state index is 12.4. The van der Waals surface area contributed by atoms with Crippen LogP contribution in [-0.2, 0) is 9.53 Å². The zero-order valence-electron chi connectivity index (χ0n) is 13.4. The Hall–Kier alpha value is -1.30. The Labute approximate surface area is 126 Å². The molecule has 0 saturated heterocycles. The van der Waals surface area contributed by atoms with Gasteiger partial charge in [-0.05, 0) is 19.3 Å². The van der Waals surface area contributed by atoms with E-state index < -0.39 is 11.5 Å². The summed E-state index contributed by atoms with van der Waals surface area (Å²) in [6, 6.07) is -0.252. The third-order valence-corrected chi connectivity index (χ3v) is 4.47. The molecular weight excluding hydrogens is 272 g/mol. The number of nitrogens with one attached hydrogen (secondary N) is 1. The van der Waals surface area contributed by atoms with Crippen LogP contribution in [0.25, 0.3) is 0 Å². The van der Waals surface area contributed by atoms with Crippen molar-refractivity contribution in [2.24, 2.45) is 0 Å². The number of aliphatic carboxylic acids is 1. The lowest BCUT2D eigenvalue weighted by Gasteiger charge is -2.44. The summed E-state index contributed by atoms with van der Waals surface area (Å²) in [7, 11) is 3.31. The van der Waals surface area contributed by atoms with Gasteiger partial charge >= 0.3 is 12.0 Å². The molecule has 0 aromatic carbocycles. The van der Waals surface area contributed by atoms with Crippen LogP contribution in [0.15, 0.2) is 0 Å². The molecule has 1 aliphatic rings. The smallest absolute Gasteiger partial charge is 0.317 e. The summed E-state index contributed by atoms with van der Waals surface area (Å²) in [4.78, 5) is 25.3. The summed E-state index contributed by atoms with van der Waals surface area (Å²) in [6.45, 7) is 2.44. The van der Waals surface area contributed by atoms with Crippen molar-refractivity contribution in [3.63, 3.8) is 0 Å². The molecule has 1 fully saturated rings. The summed E-state index contributed by atoms with van der Waals surface area (Å²) in [6.07, 6.45) is 5.35. The lowest BCUT2D eigenvalue weighted by molar-refractivity contribution is -0.140. The number of carboxylic acids is 1. The van der Waals surface area contributed by atoms with Gasteiger partial charge in [0.2, 0.25) is 0 Å². The van der Waals surface area contributed by atoms with Crippen molar-refractivity contribution in [2.45, 2.75) is 63.5 Å². The highest BCUT2D eigenvalue weighted by molar-refractivity contribution is 5.77. The van der Waals surface area contributed by atoms with Gasteiger partial charge in [0.15, 0.2) is 0 Å².